The van der Waals surface area contributed by atoms with Crippen molar-refractivity contribution in [1.82, 2.24) is 19.5 Å². The molecule has 2 aromatic heterocycles. The fourth-order valence-electron chi connectivity index (χ4n) is 2.52. The first kappa shape index (κ1) is 13.9. The summed E-state index contributed by atoms with van der Waals surface area (Å²) in [6, 6.07) is 0. The van der Waals surface area contributed by atoms with Gasteiger partial charge in [0.1, 0.15) is 18.3 Å². The summed E-state index contributed by atoms with van der Waals surface area (Å²) in [6.07, 6.45) is -1.99. The van der Waals surface area contributed by atoms with Crippen molar-refractivity contribution >= 4 is 17.1 Å². The lowest BCUT2D eigenvalue weighted by Gasteiger charge is -2.17. The van der Waals surface area contributed by atoms with Gasteiger partial charge in [0.05, 0.1) is 12.9 Å². The smallest absolute Gasteiger partial charge is 0.280 e. The van der Waals surface area contributed by atoms with Crippen molar-refractivity contribution in [3.8, 4) is 0 Å². The Morgan fingerprint density at radius 2 is 2.38 bits per heavy atom. The summed E-state index contributed by atoms with van der Waals surface area (Å²) in [7, 11) is 1.41. The Balaban J connectivity index is 2.07. The van der Waals surface area contributed by atoms with Crippen LogP contribution in [0.2, 0.25) is 0 Å². The number of nitrogens with zero attached hydrogens (tertiary/aromatic N) is 3. The Kier molecular flexibility index (Phi) is 3.37. The maximum atomic E-state index is 11.7. The molecule has 4 atom stereocenters. The average molecular weight is 297 g/mol. The molecule has 10 heteroatoms. The topological polar surface area (TPSA) is 149 Å². The van der Waals surface area contributed by atoms with Crippen LogP contribution >= 0.6 is 0 Å². The molecule has 0 spiro atoms. The summed E-state index contributed by atoms with van der Waals surface area (Å²) in [5, 5.41) is 19.5. The number of aliphatic hydroxyl groups is 2. The highest BCUT2D eigenvalue weighted by Crippen LogP contribution is 2.32. The van der Waals surface area contributed by atoms with Gasteiger partial charge >= 0.3 is 0 Å². The number of fused-ring (bicyclic) bond motifs is 1. The predicted molar refractivity (Wildman–Crippen MR) is 70.4 cm³/mol. The Bertz CT molecular complexity index is 713. The maximum Gasteiger partial charge on any atom is 0.280 e. The zero-order valence-corrected chi connectivity index (χ0v) is 11.1. The van der Waals surface area contributed by atoms with E-state index >= 15 is 0 Å². The maximum absolute atomic E-state index is 11.7. The highest BCUT2D eigenvalue weighted by Gasteiger charge is 2.45. The predicted octanol–water partition coefficient (Wildman–Crippen LogP) is -2.03. The molecule has 1 saturated heterocycles. The summed E-state index contributed by atoms with van der Waals surface area (Å²) in [4.78, 5) is 22.0. The van der Waals surface area contributed by atoms with Crippen LogP contribution in [0.25, 0.3) is 11.2 Å². The van der Waals surface area contributed by atoms with Crippen LogP contribution in [-0.2, 0) is 9.47 Å². The molecular weight excluding hydrogens is 282 g/mol. The second-order valence-corrected chi connectivity index (χ2v) is 4.71. The molecule has 0 aromatic carbocycles. The van der Waals surface area contributed by atoms with Gasteiger partial charge in [-0.1, -0.05) is 0 Å². The van der Waals surface area contributed by atoms with Gasteiger partial charge in [-0.05, 0) is 0 Å². The number of anilines is 1. The Hall–Kier alpha value is -2.01. The second-order valence-electron chi connectivity index (χ2n) is 4.71. The molecular formula is C11H15N5O5. The average Bonchev–Trinajstić information content (AvgIpc) is 2.99. The zero-order chi connectivity index (χ0) is 15.1. The van der Waals surface area contributed by atoms with Crippen LogP contribution in [0.4, 0.5) is 5.95 Å². The molecule has 21 heavy (non-hydrogen) atoms. The normalized spacial score (nSPS) is 29.3. The van der Waals surface area contributed by atoms with Crippen molar-refractivity contribution in [2.24, 2.45) is 0 Å². The van der Waals surface area contributed by atoms with Gasteiger partial charge < -0.3 is 25.4 Å². The summed E-state index contributed by atoms with van der Waals surface area (Å²) >= 11 is 0. The minimum atomic E-state index is -1.05. The van der Waals surface area contributed by atoms with Gasteiger partial charge in [0.2, 0.25) is 5.95 Å². The third-order valence-corrected chi connectivity index (χ3v) is 3.49. The van der Waals surface area contributed by atoms with Crippen LogP contribution < -0.4 is 11.3 Å². The number of rotatable bonds is 3. The van der Waals surface area contributed by atoms with Crippen molar-refractivity contribution < 1.29 is 19.7 Å². The van der Waals surface area contributed by atoms with E-state index in [-0.39, 0.29) is 23.7 Å². The largest absolute Gasteiger partial charge is 0.394 e. The third-order valence-electron chi connectivity index (χ3n) is 3.49. The summed E-state index contributed by atoms with van der Waals surface area (Å²) in [6.45, 7) is -0.311. The first-order valence-corrected chi connectivity index (χ1v) is 6.26. The molecule has 0 radical (unpaired) electrons. The van der Waals surface area contributed by atoms with E-state index in [4.69, 9.17) is 15.2 Å². The first-order chi connectivity index (χ1) is 10.1. The molecule has 114 valence electrons. The van der Waals surface area contributed by atoms with Gasteiger partial charge in [-0.3, -0.25) is 14.3 Å². The summed E-state index contributed by atoms with van der Waals surface area (Å²) in [5.74, 6) is -0.0660. The molecule has 2 aromatic rings. The minimum absolute atomic E-state index is 0.0660. The number of ether oxygens (including phenoxy) is 2. The van der Waals surface area contributed by atoms with Crippen molar-refractivity contribution in [1.29, 1.82) is 0 Å². The molecule has 3 heterocycles. The lowest BCUT2D eigenvalue weighted by atomic mass is 10.1. The van der Waals surface area contributed by atoms with Crippen molar-refractivity contribution in [2.75, 3.05) is 19.5 Å². The van der Waals surface area contributed by atoms with Gasteiger partial charge in [-0.25, -0.2) is 4.98 Å². The molecule has 1 fully saturated rings. The molecule has 5 N–H and O–H groups in total. The fourth-order valence-corrected chi connectivity index (χ4v) is 2.52. The monoisotopic (exact) mass is 297 g/mol. The Morgan fingerprint density at radius 1 is 1.62 bits per heavy atom. The molecule has 0 bridgehead atoms. The molecule has 0 unspecified atom stereocenters. The number of methoxy groups -OCH3 is 1. The van der Waals surface area contributed by atoms with E-state index in [9.17, 15) is 15.0 Å². The standard InChI is InChI=1S/C11H15N5O5/c1-20-7-4(2-17)21-10(6(7)18)16-3-13-5-8(16)14-11(12)15-9(5)19/h3-4,6-7,10,17-18H,2H2,1H3,(H3,12,14,15,19)/t4-,6-,7+,10+/m1/s1. The van der Waals surface area contributed by atoms with E-state index in [1.807, 2.05) is 0 Å². The lowest BCUT2D eigenvalue weighted by molar-refractivity contribution is -0.0535. The number of aromatic amines is 1. The van der Waals surface area contributed by atoms with Crippen LogP contribution in [0.1, 0.15) is 6.23 Å². The summed E-state index contributed by atoms with van der Waals surface area (Å²) < 4.78 is 12.1. The van der Waals surface area contributed by atoms with Crippen LogP contribution in [0.5, 0.6) is 0 Å². The number of nitrogen functional groups attached to an aromatic ring is 1. The van der Waals surface area contributed by atoms with Crippen LogP contribution in [0, 0.1) is 0 Å². The molecule has 1 aliphatic heterocycles. The fraction of sp³-hybridized carbons (Fsp3) is 0.545. The molecule has 0 aliphatic carbocycles. The van der Waals surface area contributed by atoms with E-state index in [2.05, 4.69) is 15.0 Å². The molecule has 3 rings (SSSR count). The van der Waals surface area contributed by atoms with Gasteiger partial charge in [-0.2, -0.15) is 4.98 Å². The number of aromatic nitrogens is 4. The molecule has 0 saturated carbocycles. The van der Waals surface area contributed by atoms with Crippen molar-refractivity contribution in [3.05, 3.63) is 16.7 Å². The molecule has 0 amide bonds. The number of hydrogen-bond acceptors (Lipinski definition) is 8. The molecule has 1 aliphatic rings. The minimum Gasteiger partial charge on any atom is -0.394 e. The number of nitrogens with one attached hydrogen (secondary N) is 1. The van der Waals surface area contributed by atoms with Crippen LogP contribution in [0.3, 0.4) is 0 Å². The SMILES string of the molecule is CO[C@@H]1[C@@H](O)[C@@H](n2cnc3c(=O)[nH]c(N)nc32)O[C@@H]1CO. The zero-order valence-electron chi connectivity index (χ0n) is 11.1. The second kappa shape index (κ2) is 5.07. The van der Waals surface area contributed by atoms with Crippen molar-refractivity contribution in [3.63, 3.8) is 0 Å². The third kappa shape index (κ3) is 2.08. The number of H-pyrrole nitrogens is 1. The molecule has 10 nitrogen and oxygen atoms in total. The highest BCUT2D eigenvalue weighted by atomic mass is 16.6. The van der Waals surface area contributed by atoms with Gasteiger partial charge in [0, 0.05) is 7.11 Å². The van der Waals surface area contributed by atoms with Gasteiger partial charge in [0.15, 0.2) is 17.4 Å². The Labute approximate surface area is 118 Å². The van der Waals surface area contributed by atoms with Crippen LogP contribution in [0.15, 0.2) is 11.1 Å². The van der Waals surface area contributed by atoms with Gasteiger partial charge in [-0.15, -0.1) is 0 Å². The van der Waals surface area contributed by atoms with E-state index in [0.717, 1.165) is 0 Å². The number of nitrogens with two attached hydrogens (primary N) is 1. The quantitative estimate of drug-likeness (QED) is 0.506. The summed E-state index contributed by atoms with van der Waals surface area (Å²) in [5.41, 5.74) is 5.31. The highest BCUT2D eigenvalue weighted by molar-refractivity contribution is 5.70. The number of hydrogen-bond donors (Lipinski definition) is 4. The Morgan fingerprint density at radius 3 is 3.00 bits per heavy atom. The number of imidazole rings is 1. The number of aliphatic hydroxyl groups excluding tert-OH is 2. The first-order valence-electron chi connectivity index (χ1n) is 6.26. The van der Waals surface area contributed by atoms with Gasteiger partial charge in [0.25, 0.3) is 5.56 Å². The van der Waals surface area contributed by atoms with E-state index in [0.29, 0.717) is 0 Å². The lowest BCUT2D eigenvalue weighted by Crippen LogP contribution is -2.35. The van der Waals surface area contributed by atoms with E-state index in [1.165, 1.54) is 18.0 Å². The van der Waals surface area contributed by atoms with Crippen molar-refractivity contribution in [2.45, 2.75) is 24.5 Å². The van der Waals surface area contributed by atoms with E-state index < -0.39 is 30.1 Å². The van der Waals surface area contributed by atoms with Crippen LogP contribution in [-0.4, -0.2) is 61.8 Å². The van der Waals surface area contributed by atoms with E-state index in [1.54, 1.807) is 0 Å².